The van der Waals surface area contributed by atoms with Crippen molar-refractivity contribution < 1.29 is 19.1 Å². The first kappa shape index (κ1) is 18.3. The Morgan fingerprint density at radius 3 is 2.64 bits per heavy atom. The molecule has 1 heterocycles. The largest absolute Gasteiger partial charge is 0.462 e. The first-order chi connectivity index (χ1) is 12.1. The second-order valence-electron chi connectivity index (χ2n) is 5.16. The average molecular weight is 338 g/mol. The van der Waals surface area contributed by atoms with Crippen molar-refractivity contribution in [2.24, 2.45) is 0 Å². The summed E-state index contributed by atoms with van der Waals surface area (Å²) in [5.41, 5.74) is 2.53. The lowest BCUT2D eigenvalue weighted by molar-refractivity contribution is 0.0520. The molecule has 0 unspecified atom stereocenters. The zero-order chi connectivity index (χ0) is 18.2. The normalized spacial score (nSPS) is 10.1. The summed E-state index contributed by atoms with van der Waals surface area (Å²) in [4.78, 5) is 28.6. The van der Waals surface area contributed by atoms with E-state index in [2.05, 4.69) is 4.98 Å². The van der Waals surface area contributed by atoms with Crippen molar-refractivity contribution in [3.8, 4) is 17.2 Å². The molecule has 1 aromatic carbocycles. The van der Waals surface area contributed by atoms with Crippen LogP contribution in [0.4, 0.5) is 0 Å². The molecule has 25 heavy (non-hydrogen) atoms. The molecule has 0 fully saturated rings. The van der Waals surface area contributed by atoms with Crippen molar-refractivity contribution in [2.75, 3.05) is 13.2 Å². The Bertz CT molecular complexity index is 810. The van der Waals surface area contributed by atoms with Crippen molar-refractivity contribution >= 4 is 12.3 Å². The number of carbonyl (C=O) groups is 2. The Labute approximate surface area is 146 Å². The van der Waals surface area contributed by atoms with Crippen molar-refractivity contribution in [3.05, 3.63) is 52.8 Å². The van der Waals surface area contributed by atoms with Crippen LogP contribution in [0.15, 0.2) is 30.3 Å². The summed E-state index contributed by atoms with van der Waals surface area (Å²) in [6.07, 6.45) is 0.688. The smallest absolute Gasteiger partial charge is 0.340 e. The predicted octanol–water partition coefficient (Wildman–Crippen LogP) is 3.09. The van der Waals surface area contributed by atoms with E-state index in [0.29, 0.717) is 34.4 Å². The molecule has 128 valence electrons. The Kier molecular flexibility index (Phi) is 6.38. The van der Waals surface area contributed by atoms with Gasteiger partial charge in [-0.05, 0) is 19.4 Å². The first-order valence-electron chi connectivity index (χ1n) is 7.79. The number of hydrogen-bond donors (Lipinski definition) is 0. The van der Waals surface area contributed by atoms with Crippen LogP contribution in [0.1, 0.15) is 39.0 Å². The van der Waals surface area contributed by atoms with Crippen LogP contribution in [0.5, 0.6) is 0 Å². The van der Waals surface area contributed by atoms with Crippen LogP contribution in [-0.4, -0.2) is 30.5 Å². The van der Waals surface area contributed by atoms with Crippen LogP contribution < -0.4 is 0 Å². The number of esters is 1. The van der Waals surface area contributed by atoms with E-state index in [4.69, 9.17) is 14.7 Å². The molecule has 0 aliphatic rings. The van der Waals surface area contributed by atoms with E-state index in [1.165, 1.54) is 0 Å². The zero-order valence-electron chi connectivity index (χ0n) is 14.1. The molecule has 6 nitrogen and oxygen atoms in total. The number of ether oxygens (including phenoxy) is 2. The minimum atomic E-state index is -0.576. The van der Waals surface area contributed by atoms with E-state index < -0.39 is 5.97 Å². The monoisotopic (exact) mass is 338 g/mol. The number of pyridine rings is 1. The molecule has 0 saturated heterocycles. The van der Waals surface area contributed by atoms with Gasteiger partial charge in [-0.1, -0.05) is 30.3 Å². The summed E-state index contributed by atoms with van der Waals surface area (Å²) in [6, 6.07) is 11.0. The Morgan fingerprint density at radius 2 is 2.04 bits per heavy atom. The number of rotatable bonds is 7. The maximum Gasteiger partial charge on any atom is 0.340 e. The second kappa shape index (κ2) is 8.71. The summed E-state index contributed by atoms with van der Waals surface area (Å²) >= 11 is 0. The van der Waals surface area contributed by atoms with Crippen LogP contribution in [0.3, 0.4) is 0 Å². The number of aromatic nitrogens is 1. The molecule has 0 aliphatic carbocycles. The van der Waals surface area contributed by atoms with Crippen LogP contribution >= 0.6 is 0 Å². The molecular weight excluding hydrogens is 320 g/mol. The third-order valence-corrected chi connectivity index (χ3v) is 3.57. The van der Waals surface area contributed by atoms with Gasteiger partial charge in [-0.2, -0.15) is 5.26 Å². The minimum Gasteiger partial charge on any atom is -0.462 e. The summed E-state index contributed by atoms with van der Waals surface area (Å²) in [6.45, 7) is 3.43. The molecule has 0 spiro atoms. The van der Waals surface area contributed by atoms with Crippen LogP contribution in [0.25, 0.3) is 11.1 Å². The highest BCUT2D eigenvalue weighted by atomic mass is 16.5. The molecule has 2 aromatic rings. The van der Waals surface area contributed by atoms with Crippen LogP contribution in [0.2, 0.25) is 0 Å². The van der Waals surface area contributed by atoms with Crippen molar-refractivity contribution in [3.63, 3.8) is 0 Å². The summed E-state index contributed by atoms with van der Waals surface area (Å²) in [7, 11) is 0. The third kappa shape index (κ3) is 4.08. The molecule has 0 radical (unpaired) electrons. The van der Waals surface area contributed by atoms with E-state index in [1.54, 1.807) is 13.8 Å². The standard InChI is InChI=1S/C19H18N2O4/c1-3-25-19(23)18-16(12-24-10-9-20)21-13(2)15(11-22)17(18)14-7-5-4-6-8-14/h4-8,11H,3,10,12H2,1-2H3. The third-order valence-electron chi connectivity index (χ3n) is 3.57. The number of aryl methyl sites for hydroxylation is 1. The van der Waals surface area contributed by atoms with Gasteiger partial charge in [0.1, 0.15) is 6.61 Å². The molecule has 0 saturated carbocycles. The van der Waals surface area contributed by atoms with E-state index >= 15 is 0 Å². The van der Waals surface area contributed by atoms with Gasteiger partial charge in [0.05, 0.1) is 30.5 Å². The molecular formula is C19H18N2O4. The van der Waals surface area contributed by atoms with Gasteiger partial charge in [-0.15, -0.1) is 0 Å². The quantitative estimate of drug-likeness (QED) is 0.438. The summed E-state index contributed by atoms with van der Waals surface area (Å²) in [5, 5.41) is 8.64. The minimum absolute atomic E-state index is 0.0263. The predicted molar refractivity (Wildman–Crippen MR) is 91.0 cm³/mol. The van der Waals surface area contributed by atoms with Crippen molar-refractivity contribution in [2.45, 2.75) is 20.5 Å². The van der Waals surface area contributed by atoms with E-state index in [9.17, 15) is 9.59 Å². The van der Waals surface area contributed by atoms with Gasteiger partial charge in [0.2, 0.25) is 0 Å². The zero-order valence-corrected chi connectivity index (χ0v) is 14.1. The SMILES string of the molecule is CCOC(=O)c1c(COCC#N)nc(C)c(C=O)c1-c1ccccc1. The van der Waals surface area contributed by atoms with Gasteiger partial charge < -0.3 is 9.47 Å². The number of hydrogen-bond acceptors (Lipinski definition) is 6. The molecule has 0 N–H and O–H groups in total. The van der Waals surface area contributed by atoms with Crippen molar-refractivity contribution in [1.82, 2.24) is 4.98 Å². The number of nitriles is 1. The maximum atomic E-state index is 12.6. The molecule has 0 amide bonds. The van der Waals surface area contributed by atoms with Gasteiger partial charge in [0, 0.05) is 16.8 Å². The van der Waals surface area contributed by atoms with E-state index in [-0.39, 0.29) is 25.4 Å². The fraction of sp³-hybridized carbons (Fsp3) is 0.263. The molecule has 0 aliphatic heterocycles. The van der Waals surface area contributed by atoms with Crippen molar-refractivity contribution in [1.29, 1.82) is 5.26 Å². The second-order valence-corrected chi connectivity index (χ2v) is 5.16. The Morgan fingerprint density at radius 1 is 1.32 bits per heavy atom. The highest BCUT2D eigenvalue weighted by Gasteiger charge is 2.25. The number of aldehydes is 1. The lowest BCUT2D eigenvalue weighted by Crippen LogP contribution is -2.16. The molecule has 1 aromatic heterocycles. The highest BCUT2D eigenvalue weighted by Crippen LogP contribution is 2.31. The fourth-order valence-corrected chi connectivity index (χ4v) is 2.55. The molecule has 0 bridgehead atoms. The number of benzene rings is 1. The van der Waals surface area contributed by atoms with Gasteiger partial charge in [0.25, 0.3) is 0 Å². The van der Waals surface area contributed by atoms with Gasteiger partial charge >= 0.3 is 5.97 Å². The van der Waals surface area contributed by atoms with E-state index in [1.807, 2.05) is 36.4 Å². The number of nitrogens with zero attached hydrogens (tertiary/aromatic N) is 2. The maximum absolute atomic E-state index is 12.6. The summed E-state index contributed by atoms with van der Waals surface area (Å²) in [5.74, 6) is -0.576. The first-order valence-corrected chi connectivity index (χ1v) is 7.79. The van der Waals surface area contributed by atoms with Crippen LogP contribution in [0, 0.1) is 18.3 Å². The molecule has 0 atom stereocenters. The molecule has 2 rings (SSSR count). The van der Waals surface area contributed by atoms with Gasteiger partial charge in [0.15, 0.2) is 6.29 Å². The highest BCUT2D eigenvalue weighted by molar-refractivity contribution is 6.03. The Hall–Kier alpha value is -3.04. The molecule has 6 heteroatoms. The van der Waals surface area contributed by atoms with E-state index in [0.717, 1.165) is 0 Å². The van der Waals surface area contributed by atoms with Gasteiger partial charge in [-0.25, -0.2) is 4.79 Å². The lowest BCUT2D eigenvalue weighted by atomic mass is 9.93. The average Bonchev–Trinajstić information content (AvgIpc) is 2.62. The summed E-state index contributed by atoms with van der Waals surface area (Å²) < 4.78 is 10.4. The topological polar surface area (TPSA) is 89.3 Å². The number of carbonyl (C=O) groups excluding carboxylic acids is 2. The van der Waals surface area contributed by atoms with Gasteiger partial charge in [-0.3, -0.25) is 9.78 Å². The van der Waals surface area contributed by atoms with Crippen LogP contribution in [-0.2, 0) is 16.1 Å². The fourth-order valence-electron chi connectivity index (χ4n) is 2.55. The Balaban J connectivity index is 2.73. The lowest BCUT2D eigenvalue weighted by Gasteiger charge is -2.17.